The first-order valence-corrected chi connectivity index (χ1v) is 7.77. The lowest BCUT2D eigenvalue weighted by Gasteiger charge is -2.52. The predicted molar refractivity (Wildman–Crippen MR) is 77.2 cm³/mol. The number of hydrogen-bond donors (Lipinski definition) is 0. The number of carbonyl (C=O) groups excluding carboxylic acids is 1. The van der Waals surface area contributed by atoms with Crippen LogP contribution in [0.2, 0.25) is 0 Å². The highest BCUT2D eigenvalue weighted by Gasteiger charge is 2.44. The van der Waals surface area contributed by atoms with Gasteiger partial charge in [-0.25, -0.2) is 0 Å². The summed E-state index contributed by atoms with van der Waals surface area (Å²) in [6.07, 6.45) is 8.85. The Morgan fingerprint density at radius 1 is 1.35 bits per heavy atom. The monoisotopic (exact) mass is 276 g/mol. The van der Waals surface area contributed by atoms with Crippen LogP contribution in [0.4, 0.5) is 0 Å². The molecule has 3 heterocycles. The van der Waals surface area contributed by atoms with Gasteiger partial charge in [-0.05, 0) is 45.2 Å². The molecule has 0 radical (unpaired) electrons. The summed E-state index contributed by atoms with van der Waals surface area (Å²) in [6.45, 7) is 6.03. The van der Waals surface area contributed by atoms with Crippen molar-refractivity contribution in [3.05, 3.63) is 24.2 Å². The van der Waals surface area contributed by atoms with Crippen molar-refractivity contribution in [3.8, 4) is 0 Å². The maximum absolute atomic E-state index is 12.2. The minimum Gasteiger partial charge on any atom is -0.472 e. The maximum Gasteiger partial charge on any atom is 0.223 e. The first-order chi connectivity index (χ1) is 9.73. The van der Waals surface area contributed by atoms with E-state index in [1.54, 1.807) is 6.26 Å². The van der Waals surface area contributed by atoms with E-state index in [0.717, 1.165) is 51.9 Å². The molecule has 1 spiro atoms. The van der Waals surface area contributed by atoms with Gasteiger partial charge in [-0.15, -0.1) is 0 Å². The second-order valence-electron chi connectivity index (χ2n) is 6.16. The lowest BCUT2D eigenvalue weighted by Crippen LogP contribution is -2.62. The number of furan rings is 1. The molecule has 1 amide bonds. The van der Waals surface area contributed by atoms with Gasteiger partial charge in [0.05, 0.1) is 18.1 Å². The predicted octanol–water partition coefficient (Wildman–Crippen LogP) is 2.65. The van der Waals surface area contributed by atoms with E-state index in [0.29, 0.717) is 5.91 Å². The Balaban J connectivity index is 1.74. The van der Waals surface area contributed by atoms with Crippen LogP contribution in [0.15, 0.2) is 23.0 Å². The molecule has 2 aliphatic rings. The third-order valence-electron chi connectivity index (χ3n) is 4.84. The molecular weight excluding hydrogens is 252 g/mol. The van der Waals surface area contributed by atoms with Crippen molar-refractivity contribution in [1.29, 1.82) is 0 Å². The number of likely N-dealkylation sites (tertiary alicyclic amines) is 2. The molecule has 2 fully saturated rings. The zero-order chi connectivity index (χ0) is 14.0. The van der Waals surface area contributed by atoms with Crippen LogP contribution in [0.3, 0.4) is 0 Å². The van der Waals surface area contributed by atoms with Crippen LogP contribution in [0.1, 0.15) is 44.6 Å². The molecule has 3 rings (SSSR count). The number of piperidine rings is 2. The first kappa shape index (κ1) is 13.7. The molecule has 1 unspecified atom stereocenters. The second kappa shape index (κ2) is 5.60. The minimum absolute atomic E-state index is 0.0894. The molecule has 1 atom stereocenters. The van der Waals surface area contributed by atoms with Crippen LogP contribution in [0.5, 0.6) is 0 Å². The highest BCUT2D eigenvalue weighted by Crippen LogP contribution is 2.36. The fourth-order valence-electron chi connectivity index (χ4n) is 4.02. The van der Waals surface area contributed by atoms with Crippen LogP contribution in [0, 0.1) is 0 Å². The molecule has 0 N–H and O–H groups in total. The van der Waals surface area contributed by atoms with Crippen molar-refractivity contribution < 1.29 is 9.21 Å². The van der Waals surface area contributed by atoms with Crippen LogP contribution in [0.25, 0.3) is 0 Å². The summed E-state index contributed by atoms with van der Waals surface area (Å²) >= 11 is 0. The average Bonchev–Trinajstić information content (AvgIpc) is 2.92. The molecule has 2 saturated heterocycles. The van der Waals surface area contributed by atoms with E-state index in [1.807, 2.05) is 12.3 Å². The number of hydrogen-bond acceptors (Lipinski definition) is 3. The highest BCUT2D eigenvalue weighted by molar-refractivity contribution is 5.78. The number of carbonyl (C=O) groups is 1. The van der Waals surface area contributed by atoms with Gasteiger partial charge in [0.15, 0.2) is 0 Å². The van der Waals surface area contributed by atoms with Gasteiger partial charge in [-0.1, -0.05) is 0 Å². The minimum atomic E-state index is 0.0894. The van der Waals surface area contributed by atoms with Crippen LogP contribution in [-0.2, 0) is 11.3 Å². The lowest BCUT2D eigenvalue weighted by molar-refractivity contribution is -0.145. The zero-order valence-electron chi connectivity index (χ0n) is 12.3. The Morgan fingerprint density at radius 2 is 2.20 bits per heavy atom. The molecule has 0 aromatic carbocycles. The highest BCUT2D eigenvalue weighted by atomic mass is 16.3. The number of likely N-dealkylation sites (N-methyl/N-ethyl adjacent to an activating group) is 1. The third-order valence-corrected chi connectivity index (χ3v) is 4.84. The van der Waals surface area contributed by atoms with Crippen LogP contribution >= 0.6 is 0 Å². The summed E-state index contributed by atoms with van der Waals surface area (Å²) in [4.78, 5) is 16.8. The van der Waals surface area contributed by atoms with Gasteiger partial charge >= 0.3 is 0 Å². The SMILES string of the molecule is CCN1C(=O)CCCC12CCCN(Cc1ccoc1)C2. The normalized spacial score (nSPS) is 28.2. The maximum atomic E-state index is 12.2. The standard InChI is InChI=1S/C16H24N2O2/c1-2-18-15(19)5-3-7-16(18)8-4-9-17(13-16)11-14-6-10-20-12-14/h6,10,12H,2-5,7-9,11,13H2,1H3. The van der Waals surface area contributed by atoms with Gasteiger partial charge in [-0.2, -0.15) is 0 Å². The molecule has 1 aromatic rings. The first-order valence-electron chi connectivity index (χ1n) is 7.77. The molecule has 110 valence electrons. The Morgan fingerprint density at radius 3 is 2.95 bits per heavy atom. The summed E-state index contributed by atoms with van der Waals surface area (Å²) in [7, 11) is 0. The fraction of sp³-hybridized carbons (Fsp3) is 0.688. The fourth-order valence-corrected chi connectivity index (χ4v) is 4.02. The van der Waals surface area contributed by atoms with Gasteiger partial charge in [-0.3, -0.25) is 9.69 Å². The quantitative estimate of drug-likeness (QED) is 0.851. The third kappa shape index (κ3) is 2.49. The Bertz CT molecular complexity index is 453. The van der Waals surface area contributed by atoms with Crippen molar-refractivity contribution >= 4 is 5.91 Å². The summed E-state index contributed by atoms with van der Waals surface area (Å²) in [5.74, 6) is 0.351. The van der Waals surface area contributed by atoms with E-state index in [1.165, 1.54) is 12.0 Å². The summed E-state index contributed by atoms with van der Waals surface area (Å²) in [5, 5.41) is 0. The van der Waals surface area contributed by atoms with Crippen molar-refractivity contribution in [2.75, 3.05) is 19.6 Å². The van der Waals surface area contributed by atoms with Crippen LogP contribution in [-0.4, -0.2) is 40.9 Å². The summed E-state index contributed by atoms with van der Waals surface area (Å²) in [6, 6.07) is 2.03. The molecule has 20 heavy (non-hydrogen) atoms. The van der Waals surface area contributed by atoms with Gasteiger partial charge in [0.1, 0.15) is 0 Å². The Kier molecular flexibility index (Phi) is 3.83. The van der Waals surface area contributed by atoms with E-state index in [2.05, 4.69) is 16.7 Å². The van der Waals surface area contributed by atoms with E-state index < -0.39 is 0 Å². The molecule has 1 aromatic heterocycles. The van der Waals surface area contributed by atoms with E-state index in [-0.39, 0.29) is 5.54 Å². The molecule has 4 nitrogen and oxygen atoms in total. The molecule has 0 bridgehead atoms. The summed E-state index contributed by atoms with van der Waals surface area (Å²) in [5.41, 5.74) is 1.32. The Labute approximate surface area is 120 Å². The van der Waals surface area contributed by atoms with Crippen molar-refractivity contribution in [2.24, 2.45) is 0 Å². The zero-order valence-corrected chi connectivity index (χ0v) is 12.3. The molecule has 0 aliphatic carbocycles. The van der Waals surface area contributed by atoms with E-state index in [4.69, 9.17) is 4.42 Å². The lowest BCUT2D eigenvalue weighted by atomic mass is 9.79. The van der Waals surface area contributed by atoms with Gasteiger partial charge in [0.2, 0.25) is 5.91 Å². The molecule has 2 aliphatic heterocycles. The van der Waals surface area contributed by atoms with Crippen molar-refractivity contribution in [3.63, 3.8) is 0 Å². The molecular formula is C16H24N2O2. The van der Waals surface area contributed by atoms with Crippen LogP contribution < -0.4 is 0 Å². The smallest absolute Gasteiger partial charge is 0.223 e. The largest absolute Gasteiger partial charge is 0.472 e. The van der Waals surface area contributed by atoms with Crippen molar-refractivity contribution in [2.45, 2.75) is 51.1 Å². The van der Waals surface area contributed by atoms with Gasteiger partial charge in [0.25, 0.3) is 0 Å². The topological polar surface area (TPSA) is 36.7 Å². The van der Waals surface area contributed by atoms with Crippen molar-refractivity contribution in [1.82, 2.24) is 9.80 Å². The number of nitrogens with zero attached hydrogens (tertiary/aromatic N) is 2. The molecule has 4 heteroatoms. The van der Waals surface area contributed by atoms with Gasteiger partial charge < -0.3 is 9.32 Å². The average molecular weight is 276 g/mol. The van der Waals surface area contributed by atoms with E-state index >= 15 is 0 Å². The molecule has 0 saturated carbocycles. The Hall–Kier alpha value is -1.29. The number of amides is 1. The second-order valence-corrected chi connectivity index (χ2v) is 6.16. The summed E-state index contributed by atoms with van der Waals surface area (Å²) < 4.78 is 5.16. The van der Waals surface area contributed by atoms with E-state index in [9.17, 15) is 4.79 Å². The van der Waals surface area contributed by atoms with Gasteiger partial charge in [0, 0.05) is 31.6 Å². The number of rotatable bonds is 3.